The van der Waals surface area contributed by atoms with Crippen LogP contribution in [-0.2, 0) is 11.3 Å². The maximum absolute atomic E-state index is 13.0. The number of likely N-dealkylation sites (tertiary alicyclic amines) is 1. The third kappa shape index (κ3) is 4.91. The first-order valence-electron chi connectivity index (χ1n) is 10.3. The van der Waals surface area contributed by atoms with Gasteiger partial charge in [0, 0.05) is 25.8 Å². The van der Waals surface area contributed by atoms with Crippen molar-refractivity contribution in [1.82, 2.24) is 25.4 Å². The lowest BCUT2D eigenvalue weighted by atomic mass is 9.96. The van der Waals surface area contributed by atoms with Crippen molar-refractivity contribution in [2.24, 2.45) is 5.92 Å². The highest BCUT2D eigenvalue weighted by Crippen LogP contribution is 2.21. The van der Waals surface area contributed by atoms with E-state index in [0.29, 0.717) is 36.7 Å². The third-order valence-corrected chi connectivity index (χ3v) is 5.42. The molecule has 8 heteroatoms. The summed E-state index contributed by atoms with van der Waals surface area (Å²) in [6.45, 7) is 1.44. The predicted molar refractivity (Wildman–Crippen MR) is 115 cm³/mol. The number of amides is 2. The molecule has 1 aliphatic rings. The Morgan fingerprint density at radius 3 is 2.90 bits per heavy atom. The van der Waals surface area contributed by atoms with Gasteiger partial charge in [-0.3, -0.25) is 19.7 Å². The van der Waals surface area contributed by atoms with Crippen LogP contribution >= 0.6 is 0 Å². The zero-order valence-corrected chi connectivity index (χ0v) is 17.4. The molecule has 0 radical (unpaired) electrons. The summed E-state index contributed by atoms with van der Waals surface area (Å²) in [5.74, 6) is 0.325. The van der Waals surface area contributed by atoms with Crippen LogP contribution in [0.5, 0.6) is 5.75 Å². The summed E-state index contributed by atoms with van der Waals surface area (Å²) in [5.41, 5.74) is 2.69. The second kappa shape index (κ2) is 9.42. The van der Waals surface area contributed by atoms with E-state index in [1.165, 1.54) is 0 Å². The van der Waals surface area contributed by atoms with E-state index >= 15 is 0 Å². The van der Waals surface area contributed by atoms with Crippen molar-refractivity contribution in [2.45, 2.75) is 19.4 Å². The number of hydrogen-bond acceptors (Lipinski definition) is 5. The zero-order chi connectivity index (χ0) is 21.6. The Kier molecular flexibility index (Phi) is 6.26. The van der Waals surface area contributed by atoms with Gasteiger partial charge in [-0.2, -0.15) is 5.10 Å². The Morgan fingerprint density at radius 2 is 2.10 bits per heavy atom. The summed E-state index contributed by atoms with van der Waals surface area (Å²) in [6.07, 6.45) is 3.23. The number of carbonyl (C=O) groups is 2. The summed E-state index contributed by atoms with van der Waals surface area (Å²) in [5, 5.41) is 10.0. The fourth-order valence-corrected chi connectivity index (χ4v) is 3.74. The lowest BCUT2D eigenvalue weighted by molar-refractivity contribution is -0.126. The molecule has 2 N–H and O–H groups in total. The van der Waals surface area contributed by atoms with Gasteiger partial charge in [0.25, 0.3) is 5.91 Å². The number of methoxy groups -OCH3 is 1. The molecule has 3 heterocycles. The zero-order valence-electron chi connectivity index (χ0n) is 17.4. The number of nitrogens with zero attached hydrogens (tertiary/aromatic N) is 3. The highest BCUT2D eigenvalue weighted by Gasteiger charge is 2.29. The molecule has 1 aliphatic heterocycles. The smallest absolute Gasteiger partial charge is 0.271 e. The third-order valence-electron chi connectivity index (χ3n) is 5.42. The minimum absolute atomic E-state index is 0.0425. The topological polar surface area (TPSA) is 100 Å². The number of aromatic amines is 1. The number of pyridine rings is 1. The number of hydrogen-bond donors (Lipinski definition) is 2. The number of rotatable bonds is 6. The van der Waals surface area contributed by atoms with Crippen molar-refractivity contribution in [1.29, 1.82) is 0 Å². The van der Waals surface area contributed by atoms with Crippen LogP contribution in [0.4, 0.5) is 0 Å². The number of ether oxygens (including phenoxy) is 1. The molecular weight excluding hydrogens is 394 g/mol. The SMILES string of the molecule is COc1cccc(CNC(=O)C2CCCN(C(=O)c3cc(-c4ccccn4)n[nH]3)C2)c1. The van der Waals surface area contributed by atoms with Gasteiger partial charge in [0.2, 0.25) is 5.91 Å². The molecule has 1 atom stereocenters. The first-order chi connectivity index (χ1) is 15.1. The van der Waals surface area contributed by atoms with Crippen LogP contribution in [0.1, 0.15) is 28.9 Å². The molecule has 1 fully saturated rings. The Labute approximate surface area is 180 Å². The largest absolute Gasteiger partial charge is 0.497 e. The predicted octanol–water partition coefficient (Wildman–Crippen LogP) is 2.65. The van der Waals surface area contributed by atoms with Crippen LogP contribution in [0.15, 0.2) is 54.7 Å². The number of H-pyrrole nitrogens is 1. The van der Waals surface area contributed by atoms with Gasteiger partial charge in [0.05, 0.1) is 18.7 Å². The molecule has 1 unspecified atom stereocenters. The molecule has 2 aromatic heterocycles. The average molecular weight is 419 g/mol. The first-order valence-corrected chi connectivity index (χ1v) is 10.3. The molecule has 1 saturated heterocycles. The van der Waals surface area contributed by atoms with Crippen LogP contribution in [0.25, 0.3) is 11.4 Å². The average Bonchev–Trinajstić information content (AvgIpc) is 3.33. The fourth-order valence-electron chi connectivity index (χ4n) is 3.74. The van der Waals surface area contributed by atoms with Crippen LogP contribution < -0.4 is 10.1 Å². The van der Waals surface area contributed by atoms with Gasteiger partial charge < -0.3 is 15.0 Å². The first kappa shape index (κ1) is 20.6. The molecule has 4 rings (SSSR count). The van der Waals surface area contributed by atoms with Crippen molar-refractivity contribution in [3.05, 3.63) is 66.0 Å². The van der Waals surface area contributed by atoms with Gasteiger partial charge in [-0.15, -0.1) is 0 Å². The van der Waals surface area contributed by atoms with E-state index in [0.717, 1.165) is 24.2 Å². The number of benzene rings is 1. The van der Waals surface area contributed by atoms with Crippen molar-refractivity contribution < 1.29 is 14.3 Å². The molecule has 0 aliphatic carbocycles. The van der Waals surface area contributed by atoms with E-state index in [4.69, 9.17) is 4.74 Å². The van der Waals surface area contributed by atoms with Gasteiger partial charge in [0.1, 0.15) is 17.1 Å². The number of aromatic nitrogens is 3. The standard InChI is InChI=1S/C23H25N5O3/c1-31-18-8-4-6-16(12-18)14-25-22(29)17-7-5-11-28(15-17)23(30)21-13-20(26-27-21)19-9-2-3-10-24-19/h2-4,6,8-10,12-13,17H,5,7,11,14-15H2,1H3,(H,25,29)(H,26,27). The Hall–Kier alpha value is -3.68. The molecule has 0 bridgehead atoms. The molecule has 8 nitrogen and oxygen atoms in total. The molecule has 1 aromatic carbocycles. The summed E-state index contributed by atoms with van der Waals surface area (Å²) < 4.78 is 5.22. The second-order valence-electron chi connectivity index (χ2n) is 7.54. The van der Waals surface area contributed by atoms with Gasteiger partial charge in [-0.1, -0.05) is 18.2 Å². The highest BCUT2D eigenvalue weighted by atomic mass is 16.5. The molecular formula is C23H25N5O3. The Morgan fingerprint density at radius 1 is 1.19 bits per heavy atom. The Balaban J connectivity index is 1.36. The maximum atomic E-state index is 13.0. The van der Waals surface area contributed by atoms with E-state index in [1.807, 2.05) is 42.5 Å². The summed E-state index contributed by atoms with van der Waals surface area (Å²) in [6, 6.07) is 14.8. The fraction of sp³-hybridized carbons (Fsp3) is 0.304. The quantitative estimate of drug-likeness (QED) is 0.640. The van der Waals surface area contributed by atoms with Gasteiger partial charge in [-0.05, 0) is 48.7 Å². The normalized spacial score (nSPS) is 16.0. The minimum Gasteiger partial charge on any atom is -0.497 e. The number of piperidine rings is 1. The van der Waals surface area contributed by atoms with Crippen molar-refractivity contribution in [2.75, 3.05) is 20.2 Å². The lowest BCUT2D eigenvalue weighted by Gasteiger charge is -2.31. The lowest BCUT2D eigenvalue weighted by Crippen LogP contribution is -2.45. The van der Waals surface area contributed by atoms with E-state index in [9.17, 15) is 9.59 Å². The molecule has 0 spiro atoms. The van der Waals surface area contributed by atoms with Gasteiger partial charge in [0.15, 0.2) is 0 Å². The monoisotopic (exact) mass is 419 g/mol. The molecule has 31 heavy (non-hydrogen) atoms. The minimum atomic E-state index is -0.235. The van der Waals surface area contributed by atoms with E-state index in [-0.39, 0.29) is 17.7 Å². The van der Waals surface area contributed by atoms with E-state index in [2.05, 4.69) is 20.5 Å². The maximum Gasteiger partial charge on any atom is 0.271 e. The number of nitrogens with one attached hydrogen (secondary N) is 2. The van der Waals surface area contributed by atoms with Crippen molar-refractivity contribution in [3.63, 3.8) is 0 Å². The summed E-state index contributed by atoms with van der Waals surface area (Å²) in [7, 11) is 1.62. The Bertz CT molecular complexity index is 1050. The molecule has 160 valence electrons. The van der Waals surface area contributed by atoms with Crippen molar-refractivity contribution >= 4 is 11.8 Å². The van der Waals surface area contributed by atoms with Crippen LogP contribution in [0.2, 0.25) is 0 Å². The van der Waals surface area contributed by atoms with Crippen molar-refractivity contribution in [3.8, 4) is 17.1 Å². The highest BCUT2D eigenvalue weighted by molar-refractivity contribution is 5.93. The van der Waals surface area contributed by atoms with Gasteiger partial charge in [-0.25, -0.2) is 0 Å². The van der Waals surface area contributed by atoms with E-state index < -0.39 is 0 Å². The van der Waals surface area contributed by atoms with Crippen LogP contribution in [0, 0.1) is 5.92 Å². The van der Waals surface area contributed by atoms with E-state index in [1.54, 1.807) is 24.3 Å². The van der Waals surface area contributed by atoms with Crippen LogP contribution in [0.3, 0.4) is 0 Å². The second-order valence-corrected chi connectivity index (χ2v) is 7.54. The van der Waals surface area contributed by atoms with Crippen LogP contribution in [-0.4, -0.2) is 52.1 Å². The molecule has 3 aromatic rings. The summed E-state index contributed by atoms with van der Waals surface area (Å²) >= 11 is 0. The molecule has 0 saturated carbocycles. The number of carbonyl (C=O) groups excluding carboxylic acids is 2. The molecule has 2 amide bonds. The van der Waals surface area contributed by atoms with Gasteiger partial charge >= 0.3 is 0 Å². The summed E-state index contributed by atoms with van der Waals surface area (Å²) in [4.78, 5) is 31.6.